The quantitative estimate of drug-likeness (QED) is 0.705. The smallest absolute Gasteiger partial charge is 0.275 e. The molecule has 2 aliphatic rings. The second-order valence-corrected chi connectivity index (χ2v) is 10.1. The number of hydrogen-bond acceptors (Lipinski definition) is 5. The Bertz CT molecular complexity index is 1150. The normalized spacial score (nSPS) is 20.3. The highest BCUT2D eigenvalue weighted by Gasteiger charge is 2.36. The highest BCUT2D eigenvalue weighted by atomic mass is 35.5. The Morgan fingerprint density at radius 3 is 2.61 bits per heavy atom. The van der Waals surface area contributed by atoms with Crippen molar-refractivity contribution < 1.29 is 17.9 Å². The predicted molar refractivity (Wildman–Crippen MR) is 117 cm³/mol. The van der Waals surface area contributed by atoms with Gasteiger partial charge in [0.2, 0.25) is 5.91 Å². The number of ether oxygens (including phenoxy) is 1. The predicted octanol–water partition coefficient (Wildman–Crippen LogP) is 2.28. The van der Waals surface area contributed by atoms with Crippen LogP contribution in [0.4, 0.5) is 5.69 Å². The van der Waals surface area contributed by atoms with Crippen LogP contribution in [-0.2, 0) is 26.1 Å². The summed E-state index contributed by atoms with van der Waals surface area (Å²) in [6, 6.07) is 9.03. The summed E-state index contributed by atoms with van der Waals surface area (Å²) in [5.41, 5.74) is 0.468. The van der Waals surface area contributed by atoms with Crippen molar-refractivity contribution in [3.05, 3.63) is 57.5 Å². The Labute approximate surface area is 185 Å². The lowest BCUT2D eigenvalue weighted by atomic mass is 9.83. The zero-order chi connectivity index (χ0) is 22.2. The Balaban J connectivity index is 1.57. The van der Waals surface area contributed by atoms with Gasteiger partial charge in [0.1, 0.15) is 5.69 Å². The van der Waals surface area contributed by atoms with Crippen molar-refractivity contribution in [3.63, 3.8) is 0 Å². The number of sulfonamides is 1. The SMILES string of the molecule is COCCC(=O)N1C[C@@H]2C[C@H](C1)c1ccc(NS(=O)(=O)c3ccc(Cl)cc3)c(=O)n1C2. The summed E-state index contributed by atoms with van der Waals surface area (Å²) in [5, 5.41) is 0.425. The monoisotopic (exact) mass is 465 g/mol. The van der Waals surface area contributed by atoms with E-state index in [0.717, 1.165) is 12.1 Å². The maximum atomic E-state index is 13.1. The first kappa shape index (κ1) is 21.9. The van der Waals surface area contributed by atoms with Crippen LogP contribution in [0.5, 0.6) is 0 Å². The number of piperidine rings is 1. The van der Waals surface area contributed by atoms with E-state index < -0.39 is 10.0 Å². The highest BCUT2D eigenvalue weighted by molar-refractivity contribution is 7.92. The molecule has 0 spiro atoms. The topological polar surface area (TPSA) is 97.7 Å². The maximum Gasteiger partial charge on any atom is 0.275 e. The van der Waals surface area contributed by atoms with Crippen molar-refractivity contribution in [2.75, 3.05) is 31.5 Å². The molecule has 0 aliphatic carbocycles. The molecule has 1 aromatic carbocycles. The third-order valence-corrected chi connectivity index (χ3v) is 7.48. The van der Waals surface area contributed by atoms with Crippen molar-refractivity contribution in [1.29, 1.82) is 0 Å². The van der Waals surface area contributed by atoms with Crippen molar-refractivity contribution >= 4 is 33.2 Å². The fraction of sp³-hybridized carbons (Fsp3) is 0.429. The van der Waals surface area contributed by atoms with Gasteiger partial charge >= 0.3 is 0 Å². The summed E-state index contributed by atoms with van der Waals surface area (Å²) < 4.78 is 34.4. The number of nitrogens with one attached hydrogen (secondary N) is 1. The van der Waals surface area contributed by atoms with Crippen LogP contribution in [0.1, 0.15) is 24.5 Å². The third kappa shape index (κ3) is 4.49. The van der Waals surface area contributed by atoms with E-state index in [-0.39, 0.29) is 33.9 Å². The number of amides is 1. The minimum atomic E-state index is -3.91. The molecule has 31 heavy (non-hydrogen) atoms. The van der Waals surface area contributed by atoms with Crippen LogP contribution in [-0.4, -0.2) is 50.6 Å². The first-order valence-corrected chi connectivity index (χ1v) is 11.9. The molecule has 10 heteroatoms. The van der Waals surface area contributed by atoms with Gasteiger partial charge in [-0.1, -0.05) is 11.6 Å². The van der Waals surface area contributed by atoms with Crippen molar-refractivity contribution in [2.24, 2.45) is 5.92 Å². The lowest BCUT2D eigenvalue weighted by Crippen LogP contribution is -2.49. The van der Waals surface area contributed by atoms with E-state index in [9.17, 15) is 18.0 Å². The summed E-state index contributed by atoms with van der Waals surface area (Å²) in [5.74, 6) is 0.256. The lowest BCUT2D eigenvalue weighted by Gasteiger charge is -2.43. The number of carbonyl (C=O) groups is 1. The molecular weight excluding hydrogens is 442 g/mol. The summed E-state index contributed by atoms with van der Waals surface area (Å²) >= 11 is 5.83. The first-order chi connectivity index (χ1) is 14.8. The van der Waals surface area contributed by atoms with Crippen LogP contribution in [0.2, 0.25) is 5.02 Å². The molecule has 0 saturated carbocycles. The number of likely N-dealkylation sites (tertiary alicyclic amines) is 1. The molecule has 0 radical (unpaired) electrons. The van der Waals surface area contributed by atoms with Gasteiger partial charge in [-0.15, -0.1) is 0 Å². The molecule has 3 heterocycles. The van der Waals surface area contributed by atoms with E-state index in [1.165, 1.54) is 30.3 Å². The van der Waals surface area contributed by atoms with Gasteiger partial charge in [0.05, 0.1) is 17.9 Å². The molecule has 166 valence electrons. The molecule has 2 aliphatic heterocycles. The number of methoxy groups -OCH3 is 1. The van der Waals surface area contributed by atoms with Crippen LogP contribution < -0.4 is 10.3 Å². The number of benzene rings is 1. The molecule has 2 bridgehead atoms. The van der Waals surface area contributed by atoms with Crippen LogP contribution in [0.25, 0.3) is 0 Å². The molecule has 1 fully saturated rings. The Morgan fingerprint density at radius 1 is 1.16 bits per heavy atom. The molecule has 1 N–H and O–H groups in total. The molecule has 1 amide bonds. The van der Waals surface area contributed by atoms with Gasteiger partial charge in [0.25, 0.3) is 15.6 Å². The van der Waals surface area contributed by atoms with Crippen LogP contribution in [0.15, 0.2) is 46.1 Å². The average molecular weight is 466 g/mol. The molecule has 2 aromatic rings. The minimum Gasteiger partial charge on any atom is -0.384 e. The highest BCUT2D eigenvalue weighted by Crippen LogP contribution is 2.35. The number of halogens is 1. The summed E-state index contributed by atoms with van der Waals surface area (Å²) in [6.07, 6.45) is 1.25. The number of fused-ring (bicyclic) bond motifs is 4. The fourth-order valence-electron chi connectivity index (χ4n) is 4.39. The van der Waals surface area contributed by atoms with Gasteiger partial charge in [-0.05, 0) is 48.7 Å². The average Bonchev–Trinajstić information content (AvgIpc) is 2.74. The zero-order valence-electron chi connectivity index (χ0n) is 17.1. The molecule has 8 nitrogen and oxygen atoms in total. The number of anilines is 1. The van der Waals surface area contributed by atoms with Gasteiger partial charge in [0.15, 0.2) is 0 Å². The summed E-state index contributed by atoms with van der Waals surface area (Å²) in [4.78, 5) is 27.4. The summed E-state index contributed by atoms with van der Waals surface area (Å²) in [6.45, 7) is 1.98. The van der Waals surface area contributed by atoms with E-state index in [2.05, 4.69) is 4.72 Å². The van der Waals surface area contributed by atoms with Crippen LogP contribution in [0.3, 0.4) is 0 Å². The largest absolute Gasteiger partial charge is 0.384 e. The molecular formula is C21H24ClN3O5S. The van der Waals surface area contributed by atoms with Crippen LogP contribution >= 0.6 is 11.6 Å². The molecule has 2 atom stereocenters. The fourth-order valence-corrected chi connectivity index (χ4v) is 5.58. The molecule has 1 aromatic heterocycles. The standard InChI is InChI=1S/C21H24ClN3O5S/c1-30-9-8-20(26)24-11-14-10-15(13-24)19-7-6-18(21(27)25(19)12-14)23-31(28,29)17-4-2-16(22)3-5-17/h2-7,14-15,23H,8-13H2,1H3/t14-,15+/m0/s1. The second kappa shape index (κ2) is 8.64. The van der Waals surface area contributed by atoms with Crippen LogP contribution in [0, 0.1) is 5.92 Å². The van der Waals surface area contributed by atoms with E-state index >= 15 is 0 Å². The number of hydrogen-bond donors (Lipinski definition) is 1. The number of nitrogens with zero attached hydrogens (tertiary/aromatic N) is 2. The minimum absolute atomic E-state index is 0.00620. The van der Waals surface area contributed by atoms with E-state index in [4.69, 9.17) is 16.3 Å². The second-order valence-electron chi connectivity index (χ2n) is 7.99. The van der Waals surface area contributed by atoms with Gasteiger partial charge in [-0.2, -0.15) is 0 Å². The van der Waals surface area contributed by atoms with E-state index in [1.807, 2.05) is 4.90 Å². The van der Waals surface area contributed by atoms with E-state index in [0.29, 0.717) is 37.7 Å². The van der Waals surface area contributed by atoms with Gasteiger partial charge < -0.3 is 14.2 Å². The van der Waals surface area contributed by atoms with Crippen molar-refractivity contribution in [2.45, 2.75) is 30.2 Å². The molecule has 4 rings (SSSR count). The first-order valence-electron chi connectivity index (χ1n) is 10.1. The Morgan fingerprint density at radius 2 is 1.90 bits per heavy atom. The number of pyridine rings is 1. The third-order valence-electron chi connectivity index (χ3n) is 5.85. The Kier molecular flexibility index (Phi) is 6.09. The van der Waals surface area contributed by atoms with E-state index in [1.54, 1.807) is 17.7 Å². The number of rotatable bonds is 6. The van der Waals surface area contributed by atoms with Crippen molar-refractivity contribution in [3.8, 4) is 0 Å². The Hall–Kier alpha value is -2.36. The van der Waals surface area contributed by atoms with Crippen molar-refractivity contribution in [1.82, 2.24) is 9.47 Å². The van der Waals surface area contributed by atoms with Gasteiger partial charge in [-0.25, -0.2) is 8.42 Å². The zero-order valence-corrected chi connectivity index (χ0v) is 18.7. The summed E-state index contributed by atoms with van der Waals surface area (Å²) in [7, 11) is -2.34. The number of aromatic nitrogens is 1. The number of carbonyl (C=O) groups excluding carboxylic acids is 1. The van der Waals surface area contributed by atoms with Gasteiger partial charge in [-0.3, -0.25) is 14.3 Å². The molecule has 0 unspecified atom stereocenters. The van der Waals surface area contributed by atoms with Gasteiger partial charge in [0, 0.05) is 43.4 Å². The lowest BCUT2D eigenvalue weighted by molar-refractivity contribution is -0.134. The maximum absolute atomic E-state index is 13.1. The molecule has 1 saturated heterocycles.